The van der Waals surface area contributed by atoms with Gasteiger partial charge < -0.3 is 10.8 Å². The second kappa shape index (κ2) is 9.04. The molecule has 0 radical (unpaired) electrons. The average molecular weight is 281 g/mol. The smallest absolute Gasteiger partial charge is 0.0555 e. The Bertz CT molecular complexity index is 244. The van der Waals surface area contributed by atoms with Crippen LogP contribution in [-0.4, -0.2) is 17.3 Å². The number of nitrogens with two attached hydrogens (primary N) is 1. The summed E-state index contributed by atoms with van der Waals surface area (Å²) in [7, 11) is 0. The fourth-order valence-electron chi connectivity index (χ4n) is 4.30. The summed E-state index contributed by atoms with van der Waals surface area (Å²) in [6, 6.07) is 0.236. The Hall–Kier alpha value is -0.0800. The van der Waals surface area contributed by atoms with Gasteiger partial charge in [-0.2, -0.15) is 0 Å². The molecule has 2 aliphatic carbocycles. The van der Waals surface area contributed by atoms with Gasteiger partial charge in [0, 0.05) is 6.04 Å². The van der Waals surface area contributed by atoms with Crippen molar-refractivity contribution >= 4 is 0 Å². The van der Waals surface area contributed by atoms with Crippen molar-refractivity contribution in [2.45, 2.75) is 102 Å². The van der Waals surface area contributed by atoms with Crippen molar-refractivity contribution in [2.75, 3.05) is 0 Å². The van der Waals surface area contributed by atoms with Crippen LogP contribution < -0.4 is 5.73 Å². The zero-order chi connectivity index (χ0) is 14.2. The second-order valence-corrected chi connectivity index (χ2v) is 7.39. The minimum atomic E-state index is -0.157. The first-order chi connectivity index (χ1) is 9.75. The normalized spacial score (nSPS) is 25.5. The van der Waals surface area contributed by atoms with Crippen LogP contribution in [0.4, 0.5) is 0 Å². The van der Waals surface area contributed by atoms with Gasteiger partial charge in [0.2, 0.25) is 0 Å². The van der Waals surface area contributed by atoms with Gasteiger partial charge in [0.05, 0.1) is 6.10 Å². The van der Waals surface area contributed by atoms with Crippen LogP contribution in [0, 0.1) is 11.8 Å². The number of aliphatic hydroxyl groups excluding tert-OH is 1. The summed E-state index contributed by atoms with van der Waals surface area (Å²) in [6.45, 7) is 0. The molecule has 2 heteroatoms. The molecule has 118 valence electrons. The maximum Gasteiger partial charge on any atom is 0.0555 e. The lowest BCUT2D eigenvalue weighted by atomic mass is 9.81. The maximum atomic E-state index is 10.2. The van der Waals surface area contributed by atoms with Gasteiger partial charge in [-0.1, -0.05) is 64.2 Å². The minimum absolute atomic E-state index is 0.157. The molecule has 2 rings (SSSR count). The van der Waals surface area contributed by atoms with Gasteiger partial charge in [-0.25, -0.2) is 0 Å². The van der Waals surface area contributed by atoms with Crippen molar-refractivity contribution in [3.05, 3.63) is 0 Å². The molecule has 0 aromatic heterocycles. The molecule has 2 nitrogen and oxygen atoms in total. The predicted octanol–water partition coefficient (Wildman–Crippen LogP) is 4.40. The molecule has 2 atom stereocenters. The van der Waals surface area contributed by atoms with Crippen molar-refractivity contribution in [3.63, 3.8) is 0 Å². The molecule has 2 unspecified atom stereocenters. The Morgan fingerprint density at radius 1 is 0.900 bits per heavy atom. The van der Waals surface area contributed by atoms with Gasteiger partial charge in [0.1, 0.15) is 0 Å². The van der Waals surface area contributed by atoms with Gasteiger partial charge >= 0.3 is 0 Å². The summed E-state index contributed by atoms with van der Waals surface area (Å²) in [5.41, 5.74) is 6.30. The predicted molar refractivity (Wildman–Crippen MR) is 85.6 cm³/mol. The SMILES string of the molecule is NC(CC(O)CCCC1CCCCC1)C1CCCCC1. The molecule has 0 saturated heterocycles. The van der Waals surface area contributed by atoms with E-state index in [4.69, 9.17) is 5.73 Å². The first kappa shape index (κ1) is 16.3. The number of hydrogen-bond donors (Lipinski definition) is 2. The Morgan fingerprint density at radius 3 is 2.15 bits per heavy atom. The summed E-state index contributed by atoms with van der Waals surface area (Å²) in [5, 5.41) is 10.2. The van der Waals surface area contributed by atoms with E-state index in [1.165, 1.54) is 77.0 Å². The molecule has 20 heavy (non-hydrogen) atoms. The van der Waals surface area contributed by atoms with E-state index in [0.29, 0.717) is 5.92 Å². The molecular formula is C18H35NO. The summed E-state index contributed by atoms with van der Waals surface area (Å²) in [5.74, 6) is 1.62. The molecule has 2 fully saturated rings. The second-order valence-electron chi connectivity index (χ2n) is 7.39. The molecule has 2 aliphatic rings. The van der Waals surface area contributed by atoms with Gasteiger partial charge in [-0.15, -0.1) is 0 Å². The number of aliphatic hydroxyl groups is 1. The lowest BCUT2D eigenvalue weighted by molar-refractivity contribution is 0.124. The first-order valence-electron chi connectivity index (χ1n) is 9.19. The van der Waals surface area contributed by atoms with Crippen molar-refractivity contribution < 1.29 is 5.11 Å². The van der Waals surface area contributed by atoms with E-state index in [0.717, 1.165) is 18.8 Å². The van der Waals surface area contributed by atoms with E-state index in [9.17, 15) is 5.11 Å². The van der Waals surface area contributed by atoms with E-state index in [1.54, 1.807) is 0 Å². The molecule has 0 spiro atoms. The van der Waals surface area contributed by atoms with Gasteiger partial charge in [0.25, 0.3) is 0 Å². The van der Waals surface area contributed by atoms with Crippen LogP contribution >= 0.6 is 0 Å². The molecule has 0 heterocycles. The Labute approximate surface area is 125 Å². The largest absolute Gasteiger partial charge is 0.393 e. The van der Waals surface area contributed by atoms with Crippen LogP contribution in [0.25, 0.3) is 0 Å². The standard InChI is InChI=1S/C18H35NO/c19-18(16-11-5-2-6-12-16)14-17(20)13-7-10-15-8-3-1-4-9-15/h15-18,20H,1-14,19H2. The maximum absolute atomic E-state index is 10.2. The molecular weight excluding hydrogens is 246 g/mol. The molecule has 0 aromatic rings. The van der Waals surface area contributed by atoms with E-state index >= 15 is 0 Å². The molecule has 0 aromatic carbocycles. The van der Waals surface area contributed by atoms with Crippen LogP contribution in [0.15, 0.2) is 0 Å². The quantitative estimate of drug-likeness (QED) is 0.726. The minimum Gasteiger partial charge on any atom is -0.393 e. The monoisotopic (exact) mass is 281 g/mol. The average Bonchev–Trinajstić information content (AvgIpc) is 2.49. The van der Waals surface area contributed by atoms with Crippen LogP contribution in [-0.2, 0) is 0 Å². The summed E-state index contributed by atoms with van der Waals surface area (Å²) in [6.07, 6.45) is 18.0. The lowest BCUT2D eigenvalue weighted by Gasteiger charge is -2.29. The highest BCUT2D eigenvalue weighted by atomic mass is 16.3. The third kappa shape index (κ3) is 5.73. The third-order valence-electron chi connectivity index (χ3n) is 5.67. The molecule has 0 amide bonds. The van der Waals surface area contributed by atoms with Crippen molar-refractivity contribution in [1.29, 1.82) is 0 Å². The highest BCUT2D eigenvalue weighted by Crippen LogP contribution is 2.29. The fraction of sp³-hybridized carbons (Fsp3) is 1.00. The molecule has 3 N–H and O–H groups in total. The van der Waals surface area contributed by atoms with Gasteiger partial charge in [0.15, 0.2) is 0 Å². The topological polar surface area (TPSA) is 46.2 Å². The summed E-state index contributed by atoms with van der Waals surface area (Å²) < 4.78 is 0. The van der Waals surface area contributed by atoms with Crippen LogP contribution in [0.5, 0.6) is 0 Å². The molecule has 0 aliphatic heterocycles. The zero-order valence-electron chi connectivity index (χ0n) is 13.2. The summed E-state index contributed by atoms with van der Waals surface area (Å²) in [4.78, 5) is 0. The number of hydrogen-bond acceptors (Lipinski definition) is 2. The Kier molecular flexibility index (Phi) is 7.37. The molecule has 0 bridgehead atoms. The van der Waals surface area contributed by atoms with Crippen molar-refractivity contribution in [1.82, 2.24) is 0 Å². The number of rotatable bonds is 7. The van der Waals surface area contributed by atoms with Crippen molar-refractivity contribution in [2.24, 2.45) is 17.6 Å². The van der Waals surface area contributed by atoms with Crippen LogP contribution in [0.3, 0.4) is 0 Å². The first-order valence-corrected chi connectivity index (χ1v) is 9.19. The Morgan fingerprint density at radius 2 is 1.50 bits per heavy atom. The fourth-order valence-corrected chi connectivity index (χ4v) is 4.30. The van der Waals surface area contributed by atoms with Gasteiger partial charge in [-0.05, 0) is 37.5 Å². The van der Waals surface area contributed by atoms with Crippen LogP contribution in [0.2, 0.25) is 0 Å². The van der Waals surface area contributed by atoms with Gasteiger partial charge in [-0.3, -0.25) is 0 Å². The Balaban J connectivity index is 1.55. The summed E-state index contributed by atoms with van der Waals surface area (Å²) >= 11 is 0. The van der Waals surface area contributed by atoms with E-state index in [2.05, 4.69) is 0 Å². The highest BCUT2D eigenvalue weighted by Gasteiger charge is 2.22. The molecule has 2 saturated carbocycles. The lowest BCUT2D eigenvalue weighted by Crippen LogP contribution is -2.35. The van der Waals surface area contributed by atoms with E-state index in [1.807, 2.05) is 0 Å². The van der Waals surface area contributed by atoms with Crippen molar-refractivity contribution in [3.8, 4) is 0 Å². The van der Waals surface area contributed by atoms with E-state index < -0.39 is 0 Å². The van der Waals surface area contributed by atoms with Crippen LogP contribution in [0.1, 0.15) is 89.9 Å². The van der Waals surface area contributed by atoms with E-state index in [-0.39, 0.29) is 12.1 Å². The third-order valence-corrected chi connectivity index (χ3v) is 5.67. The zero-order valence-corrected chi connectivity index (χ0v) is 13.2. The highest BCUT2D eigenvalue weighted by molar-refractivity contribution is 4.79.